The van der Waals surface area contributed by atoms with Gasteiger partial charge in [0.25, 0.3) is 0 Å². The highest BCUT2D eigenvalue weighted by molar-refractivity contribution is 5.94. The molecular formula is C19H32N4O8. The van der Waals surface area contributed by atoms with Crippen molar-refractivity contribution in [2.45, 2.75) is 70.1 Å². The number of nitrogens with one attached hydrogen (secondary N) is 2. The van der Waals surface area contributed by atoms with Gasteiger partial charge in [0.05, 0.1) is 6.61 Å². The Hall–Kier alpha value is -2.73. The maximum atomic E-state index is 12.9. The Kier molecular flexibility index (Phi) is 10.4. The van der Waals surface area contributed by atoms with Gasteiger partial charge in [0, 0.05) is 13.0 Å². The van der Waals surface area contributed by atoms with E-state index in [1.54, 1.807) is 13.8 Å². The summed E-state index contributed by atoms with van der Waals surface area (Å²) in [7, 11) is 0. The van der Waals surface area contributed by atoms with Gasteiger partial charge in [0.1, 0.15) is 24.2 Å². The standard InChI is InChI=1S/C19H32N4O8/c1-3-10(2)15(17(28)21-12(19(30)31)6-7-14(25)26)22-16(27)13-5-4-8-23(13)18(29)11(20)9-24/h10-13,15,24H,3-9,20H2,1-2H3,(H,21,28)(H,22,27)(H,25,26)(H,30,31)/t10-,11-,12-,13-,15-/m0/s1. The topological polar surface area (TPSA) is 199 Å². The predicted octanol–water partition coefficient (Wildman–Crippen LogP) is -1.74. The summed E-state index contributed by atoms with van der Waals surface area (Å²) >= 11 is 0. The van der Waals surface area contributed by atoms with Crippen LogP contribution in [0.3, 0.4) is 0 Å². The first-order valence-corrected chi connectivity index (χ1v) is 10.3. The Labute approximate surface area is 180 Å². The third-order valence-electron chi connectivity index (χ3n) is 5.41. The molecule has 176 valence electrons. The fraction of sp³-hybridized carbons (Fsp3) is 0.737. The highest BCUT2D eigenvalue weighted by atomic mass is 16.4. The average Bonchev–Trinajstić information content (AvgIpc) is 3.22. The highest BCUT2D eigenvalue weighted by Gasteiger charge is 2.38. The van der Waals surface area contributed by atoms with Gasteiger partial charge in [-0.25, -0.2) is 4.79 Å². The zero-order chi connectivity index (χ0) is 23.7. The van der Waals surface area contributed by atoms with Crippen LogP contribution in [0, 0.1) is 5.92 Å². The molecule has 1 fully saturated rings. The van der Waals surface area contributed by atoms with Gasteiger partial charge in [0.15, 0.2) is 0 Å². The van der Waals surface area contributed by atoms with Crippen molar-refractivity contribution in [3.8, 4) is 0 Å². The fourth-order valence-corrected chi connectivity index (χ4v) is 3.33. The lowest BCUT2D eigenvalue weighted by atomic mass is 9.97. The summed E-state index contributed by atoms with van der Waals surface area (Å²) in [6.45, 7) is 3.23. The molecule has 0 aromatic heterocycles. The number of hydrogen-bond donors (Lipinski definition) is 6. The summed E-state index contributed by atoms with van der Waals surface area (Å²) in [5.41, 5.74) is 5.58. The first kappa shape index (κ1) is 26.3. The molecule has 0 bridgehead atoms. The minimum Gasteiger partial charge on any atom is -0.481 e. The lowest BCUT2D eigenvalue weighted by Crippen LogP contribution is -2.58. The third kappa shape index (κ3) is 7.47. The number of rotatable bonds is 12. The first-order valence-electron chi connectivity index (χ1n) is 10.3. The van der Waals surface area contributed by atoms with Gasteiger partial charge in [-0.2, -0.15) is 0 Å². The van der Waals surface area contributed by atoms with E-state index in [2.05, 4.69) is 10.6 Å². The number of carboxylic acid groups (broad SMARTS) is 2. The number of aliphatic hydroxyl groups excluding tert-OH is 1. The number of carboxylic acids is 2. The molecular weight excluding hydrogens is 412 g/mol. The minimum absolute atomic E-state index is 0.293. The van der Waals surface area contributed by atoms with Gasteiger partial charge >= 0.3 is 11.9 Å². The Balaban J connectivity index is 2.92. The number of nitrogens with two attached hydrogens (primary N) is 1. The van der Waals surface area contributed by atoms with Crippen LogP contribution in [0.2, 0.25) is 0 Å². The largest absolute Gasteiger partial charge is 0.481 e. The number of aliphatic carboxylic acids is 2. The average molecular weight is 444 g/mol. The zero-order valence-corrected chi connectivity index (χ0v) is 17.7. The summed E-state index contributed by atoms with van der Waals surface area (Å²) < 4.78 is 0. The quantitative estimate of drug-likeness (QED) is 0.202. The van der Waals surface area contributed by atoms with Crippen LogP contribution in [-0.2, 0) is 24.0 Å². The minimum atomic E-state index is -1.42. The van der Waals surface area contributed by atoms with Crippen LogP contribution in [0.5, 0.6) is 0 Å². The van der Waals surface area contributed by atoms with Crippen molar-refractivity contribution in [3.05, 3.63) is 0 Å². The molecule has 3 amide bonds. The molecule has 1 rings (SSSR count). The van der Waals surface area contributed by atoms with Crippen molar-refractivity contribution >= 4 is 29.7 Å². The first-order chi connectivity index (χ1) is 14.5. The summed E-state index contributed by atoms with van der Waals surface area (Å²) in [5, 5.41) is 32.0. The van der Waals surface area contributed by atoms with E-state index in [1.165, 1.54) is 4.90 Å². The monoisotopic (exact) mass is 444 g/mol. The van der Waals surface area contributed by atoms with E-state index in [9.17, 15) is 29.1 Å². The van der Waals surface area contributed by atoms with Crippen LogP contribution in [-0.4, -0.2) is 87.2 Å². The molecule has 12 heteroatoms. The molecule has 0 aromatic rings. The van der Waals surface area contributed by atoms with E-state index < -0.39 is 66.9 Å². The van der Waals surface area contributed by atoms with Crippen LogP contribution >= 0.6 is 0 Å². The second-order valence-electron chi connectivity index (χ2n) is 7.68. The predicted molar refractivity (Wildman–Crippen MR) is 108 cm³/mol. The number of carbonyl (C=O) groups is 5. The number of carbonyl (C=O) groups excluding carboxylic acids is 3. The van der Waals surface area contributed by atoms with Gasteiger partial charge in [0.2, 0.25) is 17.7 Å². The normalized spacial score (nSPS) is 19.7. The molecule has 1 heterocycles. The molecule has 0 radical (unpaired) electrons. The molecule has 0 saturated carbocycles. The molecule has 0 aromatic carbocycles. The van der Waals surface area contributed by atoms with E-state index in [0.717, 1.165) is 0 Å². The van der Waals surface area contributed by atoms with Crippen molar-refractivity contribution < 1.29 is 39.3 Å². The van der Waals surface area contributed by atoms with E-state index in [-0.39, 0.29) is 12.3 Å². The second-order valence-corrected chi connectivity index (χ2v) is 7.68. The lowest BCUT2D eigenvalue weighted by molar-refractivity contribution is -0.144. The molecule has 1 aliphatic heterocycles. The van der Waals surface area contributed by atoms with Gasteiger partial charge < -0.3 is 36.6 Å². The number of nitrogens with zero attached hydrogens (tertiary/aromatic N) is 1. The van der Waals surface area contributed by atoms with Crippen molar-refractivity contribution in [3.63, 3.8) is 0 Å². The molecule has 1 saturated heterocycles. The molecule has 5 atom stereocenters. The Bertz CT molecular complexity index is 686. The molecule has 7 N–H and O–H groups in total. The molecule has 12 nitrogen and oxygen atoms in total. The van der Waals surface area contributed by atoms with Gasteiger partial charge in [-0.05, 0) is 25.2 Å². The molecule has 0 unspecified atom stereocenters. The van der Waals surface area contributed by atoms with E-state index in [4.69, 9.17) is 15.9 Å². The van der Waals surface area contributed by atoms with Crippen LogP contribution < -0.4 is 16.4 Å². The zero-order valence-electron chi connectivity index (χ0n) is 17.7. The highest BCUT2D eigenvalue weighted by Crippen LogP contribution is 2.19. The number of hydrogen-bond acceptors (Lipinski definition) is 7. The van der Waals surface area contributed by atoms with Gasteiger partial charge in [-0.3, -0.25) is 19.2 Å². The fourth-order valence-electron chi connectivity index (χ4n) is 3.33. The van der Waals surface area contributed by atoms with Gasteiger partial charge in [-0.15, -0.1) is 0 Å². The number of likely N-dealkylation sites (tertiary alicyclic amines) is 1. The maximum absolute atomic E-state index is 12.9. The maximum Gasteiger partial charge on any atom is 0.326 e. The van der Waals surface area contributed by atoms with E-state index >= 15 is 0 Å². The second kappa shape index (κ2) is 12.2. The van der Waals surface area contributed by atoms with Crippen molar-refractivity contribution in [2.75, 3.05) is 13.2 Å². The molecule has 1 aliphatic rings. The summed E-state index contributed by atoms with van der Waals surface area (Å²) in [4.78, 5) is 61.3. The van der Waals surface area contributed by atoms with Crippen molar-refractivity contribution in [1.29, 1.82) is 0 Å². The van der Waals surface area contributed by atoms with Crippen molar-refractivity contribution in [2.24, 2.45) is 11.7 Å². The molecule has 31 heavy (non-hydrogen) atoms. The lowest BCUT2D eigenvalue weighted by Gasteiger charge is -2.30. The Morgan fingerprint density at radius 1 is 1.16 bits per heavy atom. The third-order valence-corrected chi connectivity index (χ3v) is 5.41. The van der Waals surface area contributed by atoms with E-state index in [0.29, 0.717) is 25.8 Å². The number of aliphatic hydroxyl groups is 1. The molecule has 0 spiro atoms. The van der Waals surface area contributed by atoms with Crippen LogP contribution in [0.1, 0.15) is 46.0 Å². The van der Waals surface area contributed by atoms with Gasteiger partial charge in [-0.1, -0.05) is 20.3 Å². The summed E-state index contributed by atoms with van der Waals surface area (Å²) in [5.74, 6) is -4.82. The Morgan fingerprint density at radius 2 is 1.81 bits per heavy atom. The molecule has 0 aliphatic carbocycles. The van der Waals surface area contributed by atoms with Crippen LogP contribution in [0.4, 0.5) is 0 Å². The Morgan fingerprint density at radius 3 is 2.32 bits per heavy atom. The summed E-state index contributed by atoms with van der Waals surface area (Å²) in [6, 6.07) is -4.49. The SMILES string of the molecule is CC[C@H](C)[C@H](NC(=O)[C@@H]1CCCN1C(=O)[C@@H](N)CO)C(=O)N[C@@H](CCC(=O)O)C(=O)O. The van der Waals surface area contributed by atoms with E-state index in [1.807, 2.05) is 0 Å². The summed E-state index contributed by atoms with van der Waals surface area (Å²) in [6.07, 6.45) is 0.663. The number of amides is 3. The van der Waals surface area contributed by atoms with Crippen LogP contribution in [0.15, 0.2) is 0 Å². The van der Waals surface area contributed by atoms with Crippen LogP contribution in [0.25, 0.3) is 0 Å². The smallest absolute Gasteiger partial charge is 0.326 e. The van der Waals surface area contributed by atoms with Crippen molar-refractivity contribution in [1.82, 2.24) is 15.5 Å².